The predicted molar refractivity (Wildman–Crippen MR) is 119 cm³/mol. The Hall–Kier alpha value is -3.18. The van der Waals surface area contributed by atoms with E-state index in [0.717, 1.165) is 55.8 Å². The Morgan fingerprint density at radius 2 is 1.61 bits per heavy atom. The lowest BCUT2D eigenvalue weighted by Crippen LogP contribution is -2.44. The summed E-state index contributed by atoms with van der Waals surface area (Å²) in [5, 5.41) is 8.58. The minimum Gasteiger partial charge on any atom is -0.353 e. The second-order valence-electron chi connectivity index (χ2n) is 7.78. The molecular formula is C22H22F3N5O2S. The summed E-state index contributed by atoms with van der Waals surface area (Å²) in [7, 11) is -2.10. The summed E-state index contributed by atoms with van der Waals surface area (Å²) < 4.78 is 66.1. The van der Waals surface area contributed by atoms with Gasteiger partial charge in [-0.25, -0.2) is 8.42 Å². The highest BCUT2D eigenvalue weighted by atomic mass is 32.2. The maximum atomic E-state index is 12.9. The zero-order valence-electron chi connectivity index (χ0n) is 17.7. The molecule has 174 valence electrons. The zero-order valence-corrected chi connectivity index (χ0v) is 18.6. The highest BCUT2D eigenvalue weighted by molar-refractivity contribution is 7.92. The van der Waals surface area contributed by atoms with E-state index >= 15 is 0 Å². The van der Waals surface area contributed by atoms with Crippen molar-refractivity contribution in [3.63, 3.8) is 0 Å². The highest BCUT2D eigenvalue weighted by Crippen LogP contribution is 2.31. The average Bonchev–Trinajstić information content (AvgIpc) is 2.80. The molecule has 2 aromatic carbocycles. The standard InChI is InChI=1S/C22H22F3N5O2S/c1-29-11-13-30(14-12-29)21-10-9-20(26-27-21)16-5-7-18(8-6-16)28-33(31,32)19-4-2-3-17(15-19)22(23,24)25/h2-10,15,28H,11-14H2,1H3. The number of nitrogens with zero attached hydrogens (tertiary/aromatic N) is 4. The van der Waals surface area contributed by atoms with Crippen molar-refractivity contribution in [1.82, 2.24) is 15.1 Å². The average molecular weight is 478 g/mol. The molecule has 33 heavy (non-hydrogen) atoms. The Kier molecular flexibility index (Phi) is 6.26. The zero-order chi connectivity index (χ0) is 23.6. The second-order valence-corrected chi connectivity index (χ2v) is 9.46. The number of halogens is 3. The molecule has 0 amide bonds. The van der Waals surface area contributed by atoms with Crippen LogP contribution in [-0.2, 0) is 16.2 Å². The number of sulfonamides is 1. The number of alkyl halides is 3. The van der Waals surface area contributed by atoms with Crippen molar-refractivity contribution in [2.75, 3.05) is 42.8 Å². The van der Waals surface area contributed by atoms with Gasteiger partial charge < -0.3 is 9.80 Å². The van der Waals surface area contributed by atoms with E-state index < -0.39 is 26.7 Å². The van der Waals surface area contributed by atoms with Crippen LogP contribution in [0.15, 0.2) is 65.6 Å². The van der Waals surface area contributed by atoms with Crippen LogP contribution in [0.1, 0.15) is 5.56 Å². The highest BCUT2D eigenvalue weighted by Gasteiger charge is 2.31. The molecule has 11 heteroatoms. The first-order valence-corrected chi connectivity index (χ1v) is 11.7. The van der Waals surface area contributed by atoms with Gasteiger partial charge in [-0.1, -0.05) is 18.2 Å². The van der Waals surface area contributed by atoms with Crippen LogP contribution in [0.5, 0.6) is 0 Å². The van der Waals surface area contributed by atoms with Gasteiger partial charge in [-0.2, -0.15) is 13.2 Å². The van der Waals surface area contributed by atoms with Gasteiger partial charge in [0.1, 0.15) is 0 Å². The van der Waals surface area contributed by atoms with Gasteiger partial charge in [-0.05, 0) is 49.5 Å². The molecule has 3 aromatic rings. The van der Waals surface area contributed by atoms with Crippen LogP contribution < -0.4 is 9.62 Å². The molecular weight excluding hydrogens is 455 g/mol. The molecule has 0 unspecified atom stereocenters. The van der Waals surface area contributed by atoms with Crippen LogP contribution >= 0.6 is 0 Å². The molecule has 0 radical (unpaired) electrons. The van der Waals surface area contributed by atoms with E-state index in [2.05, 4.69) is 31.8 Å². The first kappa shape index (κ1) is 23.0. The summed E-state index contributed by atoms with van der Waals surface area (Å²) in [6.45, 7) is 3.68. The Morgan fingerprint density at radius 3 is 2.21 bits per heavy atom. The molecule has 0 atom stereocenters. The lowest BCUT2D eigenvalue weighted by molar-refractivity contribution is -0.137. The van der Waals surface area contributed by atoms with Crippen molar-refractivity contribution in [3.05, 3.63) is 66.2 Å². The maximum Gasteiger partial charge on any atom is 0.416 e. The van der Waals surface area contributed by atoms with Gasteiger partial charge in [0.05, 0.1) is 16.2 Å². The van der Waals surface area contributed by atoms with Crippen molar-refractivity contribution in [2.45, 2.75) is 11.1 Å². The van der Waals surface area contributed by atoms with Gasteiger partial charge in [0.2, 0.25) is 0 Å². The molecule has 7 nitrogen and oxygen atoms in total. The van der Waals surface area contributed by atoms with Crippen LogP contribution in [0.25, 0.3) is 11.3 Å². The number of piperazine rings is 1. The Balaban J connectivity index is 1.46. The number of anilines is 2. The number of likely N-dealkylation sites (N-methyl/N-ethyl adjacent to an activating group) is 1. The van der Waals surface area contributed by atoms with Crippen molar-refractivity contribution in [3.8, 4) is 11.3 Å². The van der Waals surface area contributed by atoms with Crippen molar-refractivity contribution < 1.29 is 21.6 Å². The third-order valence-electron chi connectivity index (χ3n) is 5.38. The van der Waals surface area contributed by atoms with E-state index in [1.807, 2.05) is 12.1 Å². The largest absolute Gasteiger partial charge is 0.416 e. The molecule has 0 spiro atoms. The fourth-order valence-electron chi connectivity index (χ4n) is 3.45. The van der Waals surface area contributed by atoms with E-state index in [9.17, 15) is 21.6 Å². The molecule has 1 fully saturated rings. The Labute approximate surface area is 189 Å². The number of benzene rings is 2. The van der Waals surface area contributed by atoms with Crippen LogP contribution in [0.2, 0.25) is 0 Å². The molecule has 1 aliphatic rings. The molecule has 1 aliphatic heterocycles. The van der Waals surface area contributed by atoms with Gasteiger partial charge in [-0.15, -0.1) is 10.2 Å². The number of hydrogen-bond donors (Lipinski definition) is 1. The first-order valence-electron chi connectivity index (χ1n) is 10.2. The minimum atomic E-state index is -4.63. The molecule has 0 bridgehead atoms. The van der Waals surface area contributed by atoms with Crippen LogP contribution in [-0.4, -0.2) is 56.7 Å². The third-order valence-corrected chi connectivity index (χ3v) is 6.76. The smallest absolute Gasteiger partial charge is 0.353 e. The molecule has 2 heterocycles. The predicted octanol–water partition coefficient (Wildman–Crippen LogP) is 3.72. The summed E-state index contributed by atoms with van der Waals surface area (Å²) in [5.41, 5.74) is 0.548. The van der Waals surface area contributed by atoms with Gasteiger partial charge in [0.25, 0.3) is 10.0 Å². The van der Waals surface area contributed by atoms with E-state index in [-0.39, 0.29) is 5.69 Å². The minimum absolute atomic E-state index is 0.221. The van der Waals surface area contributed by atoms with E-state index in [1.54, 1.807) is 12.1 Å². The van der Waals surface area contributed by atoms with Crippen molar-refractivity contribution in [1.29, 1.82) is 0 Å². The fraction of sp³-hybridized carbons (Fsp3) is 0.273. The normalized spacial score (nSPS) is 15.5. The summed E-state index contributed by atoms with van der Waals surface area (Å²) in [6.07, 6.45) is -4.63. The summed E-state index contributed by atoms with van der Waals surface area (Å²) >= 11 is 0. The monoisotopic (exact) mass is 477 g/mol. The lowest BCUT2D eigenvalue weighted by Gasteiger charge is -2.32. The lowest BCUT2D eigenvalue weighted by atomic mass is 10.1. The van der Waals surface area contributed by atoms with Gasteiger partial charge >= 0.3 is 6.18 Å². The van der Waals surface area contributed by atoms with Gasteiger partial charge in [-0.3, -0.25) is 4.72 Å². The summed E-state index contributed by atoms with van der Waals surface area (Å²) in [5.74, 6) is 0.803. The van der Waals surface area contributed by atoms with Crippen LogP contribution in [0.4, 0.5) is 24.7 Å². The van der Waals surface area contributed by atoms with Crippen LogP contribution in [0, 0.1) is 0 Å². The molecule has 0 saturated carbocycles. The number of nitrogens with one attached hydrogen (secondary N) is 1. The quantitative estimate of drug-likeness (QED) is 0.604. The Morgan fingerprint density at radius 1 is 0.909 bits per heavy atom. The third kappa shape index (κ3) is 5.42. The van der Waals surface area contributed by atoms with Gasteiger partial charge in [0, 0.05) is 37.4 Å². The van der Waals surface area contributed by atoms with E-state index in [1.165, 1.54) is 12.1 Å². The number of rotatable bonds is 5. The molecule has 1 N–H and O–H groups in total. The summed E-state index contributed by atoms with van der Waals surface area (Å²) in [4.78, 5) is 3.95. The summed E-state index contributed by atoms with van der Waals surface area (Å²) in [6, 6.07) is 13.7. The SMILES string of the molecule is CN1CCN(c2ccc(-c3ccc(NS(=O)(=O)c4cccc(C(F)(F)F)c4)cc3)nn2)CC1. The van der Waals surface area contributed by atoms with Crippen molar-refractivity contribution in [2.24, 2.45) is 0 Å². The maximum absolute atomic E-state index is 12.9. The molecule has 1 aromatic heterocycles. The van der Waals surface area contributed by atoms with Crippen LogP contribution in [0.3, 0.4) is 0 Å². The van der Waals surface area contributed by atoms with Crippen molar-refractivity contribution >= 4 is 21.5 Å². The molecule has 0 aliphatic carbocycles. The topological polar surface area (TPSA) is 78.4 Å². The molecule has 4 rings (SSSR count). The second kappa shape index (κ2) is 8.99. The van der Waals surface area contributed by atoms with Gasteiger partial charge in [0.15, 0.2) is 5.82 Å². The first-order chi connectivity index (χ1) is 15.6. The fourth-order valence-corrected chi connectivity index (χ4v) is 4.55. The molecule has 1 saturated heterocycles. The number of aromatic nitrogens is 2. The number of hydrogen-bond acceptors (Lipinski definition) is 6. The van der Waals surface area contributed by atoms with E-state index in [0.29, 0.717) is 11.8 Å². The van der Waals surface area contributed by atoms with E-state index in [4.69, 9.17) is 0 Å². The Bertz CT molecular complexity index is 1210.